The molecule has 1 aliphatic heterocycles. The first kappa shape index (κ1) is 15.5. The first-order chi connectivity index (χ1) is 10.1. The van der Waals surface area contributed by atoms with Crippen LogP contribution in [0, 0.1) is 0 Å². The highest BCUT2D eigenvalue weighted by atomic mass is 32.1. The zero-order chi connectivity index (χ0) is 15.2. The van der Waals surface area contributed by atoms with Crippen molar-refractivity contribution < 1.29 is 9.53 Å². The number of carbonyl (C=O) groups is 1. The van der Waals surface area contributed by atoms with Crippen LogP contribution in [0.15, 0.2) is 41.6 Å². The van der Waals surface area contributed by atoms with Crippen molar-refractivity contribution in [3.63, 3.8) is 0 Å². The summed E-state index contributed by atoms with van der Waals surface area (Å²) in [5.74, 6) is -0.294. The molecule has 1 aliphatic rings. The minimum atomic E-state index is -0.294. The van der Waals surface area contributed by atoms with Crippen molar-refractivity contribution in [2.45, 2.75) is 39.3 Å². The average Bonchev–Trinajstić information content (AvgIpc) is 2.46. The van der Waals surface area contributed by atoms with Gasteiger partial charge < -0.3 is 15.4 Å². The summed E-state index contributed by atoms with van der Waals surface area (Å²) in [4.78, 5) is 12.4. The SMILES string of the molecule is CCCC1NC(=S)NC(C)=C1C(=O)OCc1ccccc1. The lowest BCUT2D eigenvalue weighted by atomic mass is 9.99. The largest absolute Gasteiger partial charge is 0.457 e. The van der Waals surface area contributed by atoms with E-state index >= 15 is 0 Å². The number of nitrogens with one attached hydrogen (secondary N) is 2. The van der Waals surface area contributed by atoms with Crippen LogP contribution in [-0.4, -0.2) is 17.1 Å². The van der Waals surface area contributed by atoms with Gasteiger partial charge in [-0.25, -0.2) is 4.79 Å². The molecule has 0 saturated carbocycles. The molecule has 0 saturated heterocycles. The maximum absolute atomic E-state index is 12.4. The van der Waals surface area contributed by atoms with Gasteiger partial charge in [-0.3, -0.25) is 0 Å². The van der Waals surface area contributed by atoms with Gasteiger partial charge in [-0.05, 0) is 31.1 Å². The van der Waals surface area contributed by atoms with E-state index in [9.17, 15) is 4.79 Å². The monoisotopic (exact) mass is 304 g/mol. The molecule has 1 aromatic rings. The van der Waals surface area contributed by atoms with Crippen LogP contribution in [-0.2, 0) is 16.1 Å². The second kappa shape index (κ2) is 7.22. The van der Waals surface area contributed by atoms with Gasteiger partial charge in [-0.1, -0.05) is 43.7 Å². The Morgan fingerprint density at radius 2 is 2.05 bits per heavy atom. The van der Waals surface area contributed by atoms with E-state index in [1.165, 1.54) is 0 Å². The van der Waals surface area contributed by atoms with Crippen molar-refractivity contribution in [3.8, 4) is 0 Å². The lowest BCUT2D eigenvalue weighted by Gasteiger charge is -2.29. The molecule has 2 rings (SSSR count). The van der Waals surface area contributed by atoms with Crippen molar-refractivity contribution in [2.75, 3.05) is 0 Å². The molecule has 1 atom stereocenters. The van der Waals surface area contributed by atoms with Crippen molar-refractivity contribution in [1.82, 2.24) is 10.6 Å². The topological polar surface area (TPSA) is 50.4 Å². The molecule has 0 bridgehead atoms. The summed E-state index contributed by atoms with van der Waals surface area (Å²) in [6.45, 7) is 4.21. The van der Waals surface area contributed by atoms with E-state index in [2.05, 4.69) is 17.6 Å². The molecule has 0 fully saturated rings. The third-order valence-electron chi connectivity index (χ3n) is 3.37. The number of carbonyl (C=O) groups excluding carboxylic acids is 1. The van der Waals surface area contributed by atoms with Gasteiger partial charge in [0.05, 0.1) is 11.6 Å². The number of rotatable bonds is 5. The van der Waals surface area contributed by atoms with Gasteiger partial charge >= 0.3 is 5.97 Å². The number of ether oxygens (including phenoxy) is 1. The van der Waals surface area contributed by atoms with Gasteiger partial charge in [-0.2, -0.15) is 0 Å². The predicted molar refractivity (Wildman–Crippen MR) is 86.5 cm³/mol. The first-order valence-electron chi connectivity index (χ1n) is 7.11. The smallest absolute Gasteiger partial charge is 0.338 e. The minimum absolute atomic E-state index is 0.0768. The van der Waals surface area contributed by atoms with E-state index in [0.717, 1.165) is 24.1 Å². The van der Waals surface area contributed by atoms with Gasteiger partial charge in [0, 0.05) is 5.70 Å². The van der Waals surface area contributed by atoms with Crippen LogP contribution < -0.4 is 10.6 Å². The summed E-state index contributed by atoms with van der Waals surface area (Å²) < 4.78 is 5.43. The van der Waals surface area contributed by atoms with Gasteiger partial charge in [0.2, 0.25) is 0 Å². The van der Waals surface area contributed by atoms with Crippen LogP contribution in [0.25, 0.3) is 0 Å². The molecule has 1 heterocycles. The molecule has 1 aromatic carbocycles. The van der Waals surface area contributed by atoms with Gasteiger partial charge in [0.15, 0.2) is 5.11 Å². The van der Waals surface area contributed by atoms with E-state index in [-0.39, 0.29) is 18.6 Å². The van der Waals surface area contributed by atoms with E-state index in [1.807, 2.05) is 37.3 Å². The lowest BCUT2D eigenvalue weighted by Crippen LogP contribution is -2.49. The lowest BCUT2D eigenvalue weighted by molar-refractivity contribution is -0.140. The standard InChI is InChI=1S/C16H20N2O2S/c1-3-7-13-14(11(2)17-16(21)18-13)15(19)20-10-12-8-5-4-6-9-12/h4-6,8-9,13H,3,7,10H2,1-2H3,(H2,17,18,21). The van der Waals surface area contributed by atoms with Crippen LogP contribution >= 0.6 is 12.2 Å². The van der Waals surface area contributed by atoms with E-state index in [1.54, 1.807) is 0 Å². The molecule has 0 aliphatic carbocycles. The fourth-order valence-corrected chi connectivity index (χ4v) is 2.66. The van der Waals surface area contributed by atoms with Crippen LogP contribution in [0.4, 0.5) is 0 Å². The Hall–Kier alpha value is -1.88. The van der Waals surface area contributed by atoms with E-state index in [4.69, 9.17) is 17.0 Å². The number of esters is 1. The van der Waals surface area contributed by atoms with E-state index in [0.29, 0.717) is 10.7 Å². The number of hydrogen-bond acceptors (Lipinski definition) is 3. The van der Waals surface area contributed by atoms with Crippen molar-refractivity contribution >= 4 is 23.3 Å². The van der Waals surface area contributed by atoms with Crippen molar-refractivity contribution in [3.05, 3.63) is 47.2 Å². The minimum Gasteiger partial charge on any atom is -0.457 e. The first-order valence-corrected chi connectivity index (χ1v) is 7.52. The highest BCUT2D eigenvalue weighted by Gasteiger charge is 2.28. The molecule has 5 heteroatoms. The third kappa shape index (κ3) is 4.04. The maximum Gasteiger partial charge on any atom is 0.338 e. The summed E-state index contributed by atoms with van der Waals surface area (Å²) in [6.07, 6.45) is 1.80. The Morgan fingerprint density at radius 3 is 2.71 bits per heavy atom. The molecule has 1 unspecified atom stereocenters. The Labute approximate surface area is 130 Å². The summed E-state index contributed by atoms with van der Waals surface area (Å²) in [7, 11) is 0. The summed E-state index contributed by atoms with van der Waals surface area (Å²) >= 11 is 5.15. The highest BCUT2D eigenvalue weighted by Crippen LogP contribution is 2.18. The summed E-state index contributed by atoms with van der Waals surface area (Å²) in [5.41, 5.74) is 2.39. The fraction of sp³-hybridized carbons (Fsp3) is 0.375. The molecule has 4 nitrogen and oxygen atoms in total. The van der Waals surface area contributed by atoms with Crippen LogP contribution in [0.3, 0.4) is 0 Å². The molecule has 0 aromatic heterocycles. The van der Waals surface area contributed by atoms with Crippen LogP contribution in [0.1, 0.15) is 32.3 Å². The molecule has 0 amide bonds. The molecule has 0 spiro atoms. The summed E-state index contributed by atoms with van der Waals surface area (Å²) in [5, 5.41) is 6.70. The average molecular weight is 304 g/mol. The predicted octanol–water partition coefficient (Wildman–Crippen LogP) is 2.65. The second-order valence-corrected chi connectivity index (χ2v) is 5.45. The highest BCUT2D eigenvalue weighted by molar-refractivity contribution is 7.80. The number of benzene rings is 1. The molecule has 112 valence electrons. The van der Waals surface area contributed by atoms with Gasteiger partial charge in [0.1, 0.15) is 6.61 Å². The van der Waals surface area contributed by atoms with Gasteiger partial charge in [0.25, 0.3) is 0 Å². The number of allylic oxidation sites excluding steroid dienone is 1. The Balaban J connectivity index is 2.08. The van der Waals surface area contributed by atoms with E-state index < -0.39 is 0 Å². The zero-order valence-electron chi connectivity index (χ0n) is 12.3. The fourth-order valence-electron chi connectivity index (χ4n) is 2.37. The van der Waals surface area contributed by atoms with Crippen molar-refractivity contribution in [1.29, 1.82) is 0 Å². The Morgan fingerprint density at radius 1 is 1.33 bits per heavy atom. The molecule has 2 N–H and O–H groups in total. The number of thiocarbonyl (C=S) groups is 1. The molecule has 21 heavy (non-hydrogen) atoms. The molecular weight excluding hydrogens is 284 g/mol. The van der Waals surface area contributed by atoms with Gasteiger partial charge in [-0.15, -0.1) is 0 Å². The Bertz CT molecular complexity index is 555. The van der Waals surface area contributed by atoms with Crippen molar-refractivity contribution in [2.24, 2.45) is 0 Å². The molecule has 0 radical (unpaired) electrons. The Kier molecular flexibility index (Phi) is 5.33. The quantitative estimate of drug-likeness (QED) is 0.647. The second-order valence-electron chi connectivity index (χ2n) is 5.04. The maximum atomic E-state index is 12.4. The normalized spacial score (nSPS) is 18.0. The van der Waals surface area contributed by atoms with Crippen LogP contribution in [0.2, 0.25) is 0 Å². The van der Waals surface area contributed by atoms with Crippen LogP contribution in [0.5, 0.6) is 0 Å². The summed E-state index contributed by atoms with van der Waals surface area (Å²) in [6, 6.07) is 9.58. The third-order valence-corrected chi connectivity index (χ3v) is 3.59. The number of hydrogen-bond donors (Lipinski definition) is 2. The molecular formula is C16H20N2O2S. The zero-order valence-corrected chi connectivity index (χ0v) is 13.1.